The molecule has 3 rings (SSSR count). The van der Waals surface area contributed by atoms with E-state index in [1.54, 1.807) is 17.3 Å². The van der Waals surface area contributed by atoms with Gasteiger partial charge in [-0.25, -0.2) is 4.79 Å². The summed E-state index contributed by atoms with van der Waals surface area (Å²) in [4.78, 5) is 33.1. The summed E-state index contributed by atoms with van der Waals surface area (Å²) < 4.78 is 16.7. The predicted octanol–water partition coefficient (Wildman–Crippen LogP) is 2.79. The smallest absolute Gasteiger partial charge is 0.410 e. The molecule has 3 heterocycles. The van der Waals surface area contributed by atoms with Crippen molar-refractivity contribution in [2.75, 3.05) is 39.5 Å². The fraction of sp³-hybridized carbons (Fsp3) is 0.682. The number of nitrogens with zero attached hydrogens (tertiary/aromatic N) is 3. The van der Waals surface area contributed by atoms with Crippen molar-refractivity contribution < 1.29 is 23.8 Å². The lowest BCUT2D eigenvalue weighted by atomic mass is 10.0. The van der Waals surface area contributed by atoms with Crippen LogP contribution in [0.25, 0.3) is 0 Å². The van der Waals surface area contributed by atoms with Crippen LogP contribution in [0.1, 0.15) is 51.6 Å². The van der Waals surface area contributed by atoms with E-state index >= 15 is 0 Å². The van der Waals surface area contributed by atoms with E-state index in [2.05, 4.69) is 4.98 Å². The summed E-state index contributed by atoms with van der Waals surface area (Å²) in [5.41, 5.74) is 0.392. The molecule has 30 heavy (non-hydrogen) atoms. The Kier molecular flexibility index (Phi) is 7.66. The van der Waals surface area contributed by atoms with Crippen LogP contribution >= 0.6 is 0 Å². The maximum absolute atomic E-state index is 12.9. The molecule has 2 aliphatic heterocycles. The van der Waals surface area contributed by atoms with Gasteiger partial charge in [0.05, 0.1) is 31.8 Å². The summed E-state index contributed by atoms with van der Waals surface area (Å²) in [7, 11) is 0. The largest absolute Gasteiger partial charge is 0.444 e. The first-order valence-corrected chi connectivity index (χ1v) is 10.7. The highest BCUT2D eigenvalue weighted by Crippen LogP contribution is 2.27. The molecule has 2 fully saturated rings. The van der Waals surface area contributed by atoms with Gasteiger partial charge in [0.2, 0.25) is 5.91 Å². The predicted molar refractivity (Wildman–Crippen MR) is 111 cm³/mol. The van der Waals surface area contributed by atoms with Gasteiger partial charge in [0.1, 0.15) is 5.60 Å². The van der Waals surface area contributed by atoms with Gasteiger partial charge in [-0.2, -0.15) is 0 Å². The minimum absolute atomic E-state index is 0.0213. The molecule has 1 aromatic heterocycles. The van der Waals surface area contributed by atoms with Crippen molar-refractivity contribution in [3.63, 3.8) is 0 Å². The third-order valence-corrected chi connectivity index (χ3v) is 5.23. The highest BCUT2D eigenvalue weighted by atomic mass is 16.6. The molecule has 0 spiro atoms. The minimum atomic E-state index is -0.559. The van der Waals surface area contributed by atoms with E-state index in [0.29, 0.717) is 39.3 Å². The van der Waals surface area contributed by atoms with Crippen molar-refractivity contribution in [1.29, 1.82) is 0 Å². The molecule has 1 aromatic rings. The minimum Gasteiger partial charge on any atom is -0.444 e. The second-order valence-corrected chi connectivity index (χ2v) is 8.77. The Labute approximate surface area is 178 Å². The maximum Gasteiger partial charge on any atom is 0.410 e. The van der Waals surface area contributed by atoms with Crippen LogP contribution in [0.5, 0.6) is 0 Å². The van der Waals surface area contributed by atoms with E-state index in [0.717, 1.165) is 25.0 Å². The molecule has 0 N–H and O–H groups in total. The van der Waals surface area contributed by atoms with Crippen LogP contribution in [0.2, 0.25) is 0 Å². The number of hydrogen-bond acceptors (Lipinski definition) is 6. The molecular formula is C22H33N3O5. The Hall–Kier alpha value is -2.19. The molecule has 166 valence electrons. The van der Waals surface area contributed by atoms with Crippen LogP contribution in [0.3, 0.4) is 0 Å². The number of rotatable bonds is 6. The molecule has 0 radical (unpaired) electrons. The monoisotopic (exact) mass is 419 g/mol. The van der Waals surface area contributed by atoms with Crippen LogP contribution < -0.4 is 0 Å². The van der Waals surface area contributed by atoms with Crippen molar-refractivity contribution in [2.45, 2.75) is 57.8 Å². The van der Waals surface area contributed by atoms with Crippen LogP contribution in [0.15, 0.2) is 24.5 Å². The molecule has 2 atom stereocenters. The third-order valence-electron chi connectivity index (χ3n) is 5.23. The van der Waals surface area contributed by atoms with Crippen LogP contribution in [-0.4, -0.2) is 77.9 Å². The van der Waals surface area contributed by atoms with Crippen LogP contribution in [0, 0.1) is 0 Å². The standard InChI is InChI=1S/C22H33N3O5/c1-22(2,3)30-21(27)24-11-12-25(19(15-24)17-6-9-23-10-7-17)20(26)8-14-28-16-18-5-4-13-29-18/h6-7,9-10,18-19H,4-5,8,11-16H2,1-3H3/t18-,19-/m1/s1. The fourth-order valence-corrected chi connectivity index (χ4v) is 3.74. The zero-order valence-corrected chi connectivity index (χ0v) is 18.2. The highest BCUT2D eigenvalue weighted by molar-refractivity contribution is 5.77. The van der Waals surface area contributed by atoms with Gasteiger partial charge in [0.15, 0.2) is 0 Å². The van der Waals surface area contributed by atoms with Gasteiger partial charge in [-0.05, 0) is 51.3 Å². The lowest BCUT2D eigenvalue weighted by Crippen LogP contribution is -2.53. The normalized spacial score (nSPS) is 22.2. The third kappa shape index (κ3) is 6.40. The molecule has 8 heteroatoms. The van der Waals surface area contributed by atoms with Crippen molar-refractivity contribution in [3.05, 3.63) is 30.1 Å². The molecule has 0 saturated carbocycles. The Morgan fingerprint density at radius 2 is 2.00 bits per heavy atom. The molecule has 8 nitrogen and oxygen atoms in total. The second kappa shape index (κ2) is 10.2. The average molecular weight is 420 g/mol. The number of ether oxygens (including phenoxy) is 3. The Bertz CT molecular complexity index is 700. The lowest BCUT2D eigenvalue weighted by Gasteiger charge is -2.42. The Balaban J connectivity index is 1.59. The molecule has 0 aromatic carbocycles. The van der Waals surface area contributed by atoms with Gasteiger partial charge < -0.3 is 24.0 Å². The molecule has 0 unspecified atom stereocenters. The summed E-state index contributed by atoms with van der Waals surface area (Å²) in [6.45, 7) is 8.53. The summed E-state index contributed by atoms with van der Waals surface area (Å²) in [6.07, 6.45) is 5.61. The number of amides is 2. The molecule has 0 aliphatic carbocycles. The van der Waals surface area contributed by atoms with E-state index in [4.69, 9.17) is 14.2 Å². The van der Waals surface area contributed by atoms with E-state index in [1.165, 1.54) is 0 Å². The van der Waals surface area contributed by atoms with E-state index in [-0.39, 0.29) is 24.1 Å². The SMILES string of the molecule is CC(C)(C)OC(=O)N1CCN(C(=O)CCOC[C@H]2CCCO2)[C@@H](c2ccncc2)C1. The number of carbonyl (C=O) groups excluding carboxylic acids is 2. The van der Waals surface area contributed by atoms with Gasteiger partial charge in [0.25, 0.3) is 0 Å². The summed E-state index contributed by atoms with van der Waals surface area (Å²) in [5, 5.41) is 0. The van der Waals surface area contributed by atoms with Gasteiger partial charge in [-0.1, -0.05) is 0 Å². The summed E-state index contributed by atoms with van der Waals surface area (Å²) in [6, 6.07) is 3.54. The number of hydrogen-bond donors (Lipinski definition) is 0. The molecule has 2 aliphatic rings. The van der Waals surface area contributed by atoms with Crippen molar-refractivity contribution in [3.8, 4) is 0 Å². The number of piperazine rings is 1. The molecule has 0 bridgehead atoms. The molecular weight excluding hydrogens is 386 g/mol. The summed E-state index contributed by atoms with van der Waals surface area (Å²) in [5.74, 6) is 0.0213. The zero-order chi connectivity index (χ0) is 21.6. The zero-order valence-electron chi connectivity index (χ0n) is 18.2. The van der Waals surface area contributed by atoms with Crippen molar-refractivity contribution in [2.24, 2.45) is 0 Å². The topological polar surface area (TPSA) is 81.2 Å². The van der Waals surface area contributed by atoms with Crippen molar-refractivity contribution in [1.82, 2.24) is 14.8 Å². The highest BCUT2D eigenvalue weighted by Gasteiger charge is 2.35. The first-order valence-electron chi connectivity index (χ1n) is 10.7. The van der Waals surface area contributed by atoms with Crippen molar-refractivity contribution >= 4 is 12.0 Å². The van der Waals surface area contributed by atoms with Crippen LogP contribution in [0.4, 0.5) is 4.79 Å². The first-order chi connectivity index (χ1) is 14.3. The van der Waals surface area contributed by atoms with E-state index in [9.17, 15) is 9.59 Å². The average Bonchev–Trinajstić information content (AvgIpc) is 3.23. The van der Waals surface area contributed by atoms with Gasteiger partial charge >= 0.3 is 6.09 Å². The van der Waals surface area contributed by atoms with Gasteiger partial charge in [-0.3, -0.25) is 9.78 Å². The summed E-state index contributed by atoms with van der Waals surface area (Å²) >= 11 is 0. The van der Waals surface area contributed by atoms with Crippen LogP contribution in [-0.2, 0) is 19.0 Å². The fourth-order valence-electron chi connectivity index (χ4n) is 3.74. The van der Waals surface area contributed by atoms with Gasteiger partial charge in [0, 0.05) is 38.6 Å². The Morgan fingerprint density at radius 1 is 1.23 bits per heavy atom. The molecule has 2 amide bonds. The quantitative estimate of drug-likeness (QED) is 0.660. The number of carbonyl (C=O) groups is 2. The number of pyridine rings is 1. The molecule has 2 saturated heterocycles. The van der Waals surface area contributed by atoms with E-state index < -0.39 is 5.60 Å². The maximum atomic E-state index is 12.9. The van der Waals surface area contributed by atoms with E-state index in [1.807, 2.05) is 37.8 Å². The first kappa shape index (κ1) is 22.5. The number of aromatic nitrogens is 1. The Morgan fingerprint density at radius 3 is 2.67 bits per heavy atom. The van der Waals surface area contributed by atoms with Gasteiger partial charge in [-0.15, -0.1) is 0 Å². The lowest BCUT2D eigenvalue weighted by molar-refractivity contribution is -0.137. The second-order valence-electron chi connectivity index (χ2n) is 8.77.